The van der Waals surface area contributed by atoms with Gasteiger partial charge in [0.05, 0.1) is 0 Å². The quantitative estimate of drug-likeness (QED) is 0.765. The molecule has 0 saturated carbocycles. The smallest absolute Gasteiger partial charge is 0.253 e. The van der Waals surface area contributed by atoms with E-state index in [1.165, 1.54) is 11.1 Å². The van der Waals surface area contributed by atoms with E-state index >= 15 is 0 Å². The number of benzene rings is 2. The molecule has 3 aliphatic rings. The first-order valence-corrected chi connectivity index (χ1v) is 11.4. The van der Waals surface area contributed by atoms with E-state index in [4.69, 9.17) is 0 Å². The van der Waals surface area contributed by atoms with Crippen LogP contribution in [0, 0.1) is 0 Å². The lowest BCUT2D eigenvalue weighted by molar-refractivity contribution is -0.130. The van der Waals surface area contributed by atoms with Crippen LogP contribution in [0.2, 0.25) is 0 Å². The highest BCUT2D eigenvalue weighted by atomic mass is 16.2. The number of piperidine rings is 1. The number of carbonyl (C=O) groups is 2. The zero-order chi connectivity index (χ0) is 20.6. The standard InChI is InChI=1S/C26H30N2O2/c29-24(27-14-6-7-15-27)18-21-19-26(23-11-5-4-10-22(21)23)12-16-28(17-13-26)25(30)20-8-2-1-3-9-20/h1-5,8-11,21H,6-7,12-19H2/t21-/m1/s1. The van der Waals surface area contributed by atoms with E-state index in [0.717, 1.165) is 63.8 Å². The molecule has 4 nitrogen and oxygen atoms in total. The van der Waals surface area contributed by atoms with Gasteiger partial charge in [-0.1, -0.05) is 42.5 Å². The molecule has 1 spiro atoms. The summed E-state index contributed by atoms with van der Waals surface area (Å²) in [6.45, 7) is 3.42. The number of nitrogens with zero attached hydrogens (tertiary/aromatic N) is 2. The van der Waals surface area contributed by atoms with Crippen molar-refractivity contribution in [1.82, 2.24) is 9.80 Å². The molecule has 0 unspecified atom stereocenters. The fourth-order valence-corrected chi connectivity index (χ4v) is 5.89. The minimum Gasteiger partial charge on any atom is -0.343 e. The molecular formula is C26H30N2O2. The van der Waals surface area contributed by atoms with Crippen LogP contribution in [-0.2, 0) is 10.2 Å². The summed E-state index contributed by atoms with van der Waals surface area (Å²) in [7, 11) is 0. The molecule has 156 valence electrons. The summed E-state index contributed by atoms with van der Waals surface area (Å²) in [4.78, 5) is 29.8. The number of amides is 2. The first-order chi connectivity index (χ1) is 14.7. The van der Waals surface area contributed by atoms with Gasteiger partial charge in [-0.05, 0) is 66.7 Å². The fraction of sp³-hybridized carbons (Fsp3) is 0.462. The van der Waals surface area contributed by atoms with Crippen molar-refractivity contribution in [2.45, 2.75) is 49.9 Å². The Morgan fingerprint density at radius 3 is 2.23 bits per heavy atom. The molecule has 1 aliphatic carbocycles. The lowest BCUT2D eigenvalue weighted by Gasteiger charge is -2.40. The number of rotatable bonds is 3. The van der Waals surface area contributed by atoms with Crippen LogP contribution in [0.5, 0.6) is 0 Å². The van der Waals surface area contributed by atoms with Gasteiger partial charge in [-0.15, -0.1) is 0 Å². The summed E-state index contributed by atoms with van der Waals surface area (Å²) in [5.74, 6) is 0.768. The van der Waals surface area contributed by atoms with Crippen molar-refractivity contribution in [2.75, 3.05) is 26.2 Å². The number of fused-ring (bicyclic) bond motifs is 2. The van der Waals surface area contributed by atoms with Gasteiger partial charge in [0.25, 0.3) is 5.91 Å². The van der Waals surface area contributed by atoms with Crippen molar-refractivity contribution in [1.29, 1.82) is 0 Å². The Kier molecular flexibility index (Phi) is 5.10. The topological polar surface area (TPSA) is 40.6 Å². The summed E-state index contributed by atoms with van der Waals surface area (Å²) >= 11 is 0. The highest BCUT2D eigenvalue weighted by Gasteiger charge is 2.46. The molecule has 2 aromatic rings. The normalized spacial score (nSPS) is 22.3. The molecule has 2 heterocycles. The molecule has 0 bridgehead atoms. The van der Waals surface area contributed by atoms with Gasteiger partial charge in [-0.2, -0.15) is 0 Å². The van der Waals surface area contributed by atoms with Crippen molar-refractivity contribution < 1.29 is 9.59 Å². The van der Waals surface area contributed by atoms with E-state index in [1.807, 2.05) is 35.2 Å². The maximum absolute atomic E-state index is 12.9. The Morgan fingerprint density at radius 1 is 0.833 bits per heavy atom. The van der Waals surface area contributed by atoms with E-state index < -0.39 is 0 Å². The maximum Gasteiger partial charge on any atom is 0.253 e. The highest BCUT2D eigenvalue weighted by molar-refractivity contribution is 5.94. The molecule has 30 heavy (non-hydrogen) atoms. The van der Waals surface area contributed by atoms with Crippen LogP contribution < -0.4 is 0 Å². The minimum atomic E-state index is 0.111. The summed E-state index contributed by atoms with van der Waals surface area (Å²) in [5, 5.41) is 0. The predicted molar refractivity (Wildman–Crippen MR) is 117 cm³/mol. The molecular weight excluding hydrogens is 372 g/mol. The summed E-state index contributed by atoms with van der Waals surface area (Å²) in [5.41, 5.74) is 3.68. The second-order valence-corrected chi connectivity index (χ2v) is 9.22. The molecule has 2 aromatic carbocycles. The van der Waals surface area contributed by atoms with E-state index in [-0.39, 0.29) is 11.3 Å². The summed E-state index contributed by atoms with van der Waals surface area (Å²) in [6.07, 6.45) is 5.92. The molecule has 1 atom stereocenters. The number of likely N-dealkylation sites (tertiary alicyclic amines) is 2. The fourth-order valence-electron chi connectivity index (χ4n) is 5.89. The molecule has 5 rings (SSSR count). The third-order valence-corrected chi connectivity index (χ3v) is 7.52. The van der Waals surface area contributed by atoms with Crippen molar-refractivity contribution in [2.24, 2.45) is 0 Å². The average Bonchev–Trinajstić information content (AvgIpc) is 3.43. The van der Waals surface area contributed by atoms with Crippen LogP contribution in [0.4, 0.5) is 0 Å². The van der Waals surface area contributed by atoms with Gasteiger partial charge in [0.2, 0.25) is 5.91 Å². The minimum absolute atomic E-state index is 0.111. The van der Waals surface area contributed by atoms with Gasteiger partial charge >= 0.3 is 0 Å². The number of carbonyl (C=O) groups excluding carboxylic acids is 2. The van der Waals surface area contributed by atoms with Gasteiger partial charge < -0.3 is 9.80 Å². The van der Waals surface area contributed by atoms with Gasteiger partial charge in [0.1, 0.15) is 0 Å². The average molecular weight is 403 g/mol. The van der Waals surface area contributed by atoms with Crippen LogP contribution in [-0.4, -0.2) is 47.8 Å². The molecule has 4 heteroatoms. The van der Waals surface area contributed by atoms with Gasteiger partial charge in [0.15, 0.2) is 0 Å². The van der Waals surface area contributed by atoms with Crippen molar-refractivity contribution in [3.8, 4) is 0 Å². The van der Waals surface area contributed by atoms with E-state index in [2.05, 4.69) is 29.2 Å². The SMILES string of the molecule is O=C(C[C@@H]1CC2(CCN(C(=O)c3ccccc3)CC2)c2ccccc21)N1CCCC1. The molecule has 0 N–H and O–H groups in total. The molecule has 0 aromatic heterocycles. The Hall–Kier alpha value is -2.62. The monoisotopic (exact) mass is 402 g/mol. The zero-order valence-electron chi connectivity index (χ0n) is 17.6. The van der Waals surface area contributed by atoms with Crippen molar-refractivity contribution in [3.63, 3.8) is 0 Å². The summed E-state index contributed by atoms with van der Waals surface area (Å²) < 4.78 is 0. The van der Waals surface area contributed by atoms with Crippen LogP contribution in [0.3, 0.4) is 0 Å². The number of hydrogen-bond acceptors (Lipinski definition) is 2. The van der Waals surface area contributed by atoms with Crippen LogP contribution in [0.1, 0.15) is 65.9 Å². The Bertz CT molecular complexity index is 925. The third-order valence-electron chi connectivity index (χ3n) is 7.52. The van der Waals surface area contributed by atoms with E-state index in [9.17, 15) is 9.59 Å². The van der Waals surface area contributed by atoms with Crippen molar-refractivity contribution in [3.05, 3.63) is 71.3 Å². The highest BCUT2D eigenvalue weighted by Crippen LogP contribution is 2.52. The van der Waals surface area contributed by atoms with Gasteiger partial charge in [-0.25, -0.2) is 0 Å². The molecule has 2 amide bonds. The lowest BCUT2D eigenvalue weighted by atomic mass is 9.73. The third kappa shape index (κ3) is 3.42. The first kappa shape index (κ1) is 19.3. The van der Waals surface area contributed by atoms with Gasteiger partial charge in [0, 0.05) is 38.2 Å². The van der Waals surface area contributed by atoms with Crippen molar-refractivity contribution >= 4 is 11.8 Å². The molecule has 2 fully saturated rings. The predicted octanol–water partition coefficient (Wildman–Crippen LogP) is 4.36. The van der Waals surface area contributed by atoms with Gasteiger partial charge in [-0.3, -0.25) is 9.59 Å². The maximum atomic E-state index is 12.9. The molecule has 0 radical (unpaired) electrons. The zero-order valence-corrected chi connectivity index (χ0v) is 17.6. The second kappa shape index (κ2) is 7.90. The molecule has 2 aliphatic heterocycles. The van der Waals surface area contributed by atoms with E-state index in [1.54, 1.807) is 0 Å². The number of hydrogen-bond donors (Lipinski definition) is 0. The van der Waals surface area contributed by atoms with Crippen LogP contribution in [0.25, 0.3) is 0 Å². The first-order valence-electron chi connectivity index (χ1n) is 11.4. The Balaban J connectivity index is 1.31. The van der Waals surface area contributed by atoms with Crippen LogP contribution >= 0.6 is 0 Å². The van der Waals surface area contributed by atoms with Crippen LogP contribution in [0.15, 0.2) is 54.6 Å². The largest absolute Gasteiger partial charge is 0.343 e. The second-order valence-electron chi connectivity index (χ2n) is 9.22. The Labute approximate surface area is 178 Å². The summed E-state index contributed by atoms with van der Waals surface area (Å²) in [6, 6.07) is 18.3. The van der Waals surface area contributed by atoms with E-state index in [0.29, 0.717) is 18.2 Å². The Morgan fingerprint density at radius 2 is 1.50 bits per heavy atom. The lowest BCUT2D eigenvalue weighted by Crippen LogP contribution is -2.44. The molecule has 2 saturated heterocycles.